The maximum Gasteiger partial charge on any atom is 0.264 e. The van der Waals surface area contributed by atoms with E-state index in [2.05, 4.69) is 20.0 Å². The van der Waals surface area contributed by atoms with Crippen molar-refractivity contribution in [1.29, 1.82) is 0 Å². The zero-order valence-corrected chi connectivity index (χ0v) is 16.7. The van der Waals surface area contributed by atoms with Gasteiger partial charge >= 0.3 is 0 Å². The number of ether oxygens (including phenoxy) is 1. The number of aromatic nitrogens is 2. The molecule has 0 spiro atoms. The van der Waals surface area contributed by atoms with Gasteiger partial charge in [0, 0.05) is 18.1 Å². The highest BCUT2D eigenvalue weighted by atomic mass is 32.2. The molecular formula is C20H20N4O4S. The van der Waals surface area contributed by atoms with Crippen LogP contribution in [0, 0.1) is 6.92 Å². The lowest BCUT2D eigenvalue weighted by Crippen LogP contribution is -2.16. The first-order valence-corrected chi connectivity index (χ1v) is 10.3. The number of nitrogens with zero attached hydrogens (tertiary/aromatic N) is 2. The van der Waals surface area contributed by atoms with Gasteiger partial charge in [-0.2, -0.15) is 0 Å². The molecule has 0 radical (unpaired) electrons. The molecule has 0 atom stereocenters. The van der Waals surface area contributed by atoms with E-state index < -0.39 is 15.9 Å². The lowest BCUT2D eigenvalue weighted by molar-refractivity contribution is 0.102. The Balaban J connectivity index is 1.66. The van der Waals surface area contributed by atoms with Gasteiger partial charge in [0.2, 0.25) is 5.95 Å². The van der Waals surface area contributed by atoms with Crippen molar-refractivity contribution in [1.82, 2.24) is 9.97 Å². The fourth-order valence-corrected chi connectivity index (χ4v) is 3.36. The minimum atomic E-state index is -3.81. The average molecular weight is 412 g/mol. The number of carbonyl (C=O) groups is 1. The summed E-state index contributed by atoms with van der Waals surface area (Å²) in [6.45, 7) is 4.31. The summed E-state index contributed by atoms with van der Waals surface area (Å²) in [6, 6.07) is 13.3. The van der Waals surface area contributed by atoms with Crippen LogP contribution in [0.25, 0.3) is 0 Å². The van der Waals surface area contributed by atoms with Crippen LogP contribution in [0.5, 0.6) is 5.75 Å². The lowest BCUT2D eigenvalue weighted by Gasteiger charge is -2.08. The van der Waals surface area contributed by atoms with Gasteiger partial charge in [-0.05, 0) is 50.2 Å². The monoisotopic (exact) mass is 412 g/mol. The largest absolute Gasteiger partial charge is 0.494 e. The fraction of sp³-hybridized carbons (Fsp3) is 0.150. The number of sulfonamides is 1. The molecule has 0 saturated carbocycles. The van der Waals surface area contributed by atoms with E-state index in [0.29, 0.717) is 18.0 Å². The predicted octanol–water partition coefficient (Wildman–Crippen LogP) is 3.24. The molecule has 0 aliphatic carbocycles. The van der Waals surface area contributed by atoms with Gasteiger partial charge < -0.3 is 10.1 Å². The van der Waals surface area contributed by atoms with Crippen molar-refractivity contribution < 1.29 is 17.9 Å². The summed E-state index contributed by atoms with van der Waals surface area (Å²) in [4.78, 5) is 20.3. The molecule has 3 rings (SSSR count). The standard InChI is InChI=1S/C20H20N4O4S/c1-3-28-17-8-6-16(7-9-17)23-19(25)15-12-21-20(22-13-15)24-29(26,27)18-10-4-14(2)5-11-18/h4-13H,3H2,1-2H3,(H,23,25)(H,21,22,24). The number of nitrogens with one attached hydrogen (secondary N) is 2. The molecular weight excluding hydrogens is 392 g/mol. The summed E-state index contributed by atoms with van der Waals surface area (Å²) < 4.78 is 32.4. The maximum atomic E-state index is 12.4. The first-order valence-electron chi connectivity index (χ1n) is 8.83. The van der Waals surface area contributed by atoms with Crippen molar-refractivity contribution in [3.05, 3.63) is 72.1 Å². The number of rotatable bonds is 7. The number of hydrogen-bond acceptors (Lipinski definition) is 6. The number of anilines is 2. The molecule has 3 aromatic rings. The highest BCUT2D eigenvalue weighted by molar-refractivity contribution is 7.92. The predicted molar refractivity (Wildman–Crippen MR) is 110 cm³/mol. The van der Waals surface area contributed by atoms with Crippen molar-refractivity contribution in [2.75, 3.05) is 16.6 Å². The molecule has 29 heavy (non-hydrogen) atoms. The van der Waals surface area contributed by atoms with Gasteiger partial charge in [-0.1, -0.05) is 17.7 Å². The van der Waals surface area contributed by atoms with E-state index in [1.54, 1.807) is 36.4 Å². The van der Waals surface area contributed by atoms with Gasteiger partial charge in [-0.25, -0.2) is 23.1 Å². The Morgan fingerprint density at radius 2 is 1.62 bits per heavy atom. The first kappa shape index (κ1) is 20.3. The first-order chi connectivity index (χ1) is 13.9. The Bertz CT molecular complexity index is 1080. The average Bonchev–Trinajstić information content (AvgIpc) is 2.70. The van der Waals surface area contributed by atoms with Gasteiger partial charge in [0.05, 0.1) is 17.1 Å². The third-order valence-corrected chi connectivity index (χ3v) is 5.24. The van der Waals surface area contributed by atoms with E-state index in [4.69, 9.17) is 4.74 Å². The van der Waals surface area contributed by atoms with Crippen LogP contribution >= 0.6 is 0 Å². The Kier molecular flexibility index (Phi) is 6.08. The number of carbonyl (C=O) groups excluding carboxylic acids is 1. The Morgan fingerprint density at radius 1 is 1.00 bits per heavy atom. The van der Waals surface area contributed by atoms with E-state index in [-0.39, 0.29) is 16.4 Å². The second-order valence-corrected chi connectivity index (χ2v) is 7.81. The van der Waals surface area contributed by atoms with Crippen molar-refractivity contribution in [3.63, 3.8) is 0 Å². The molecule has 2 N–H and O–H groups in total. The van der Waals surface area contributed by atoms with Crippen molar-refractivity contribution in [2.45, 2.75) is 18.7 Å². The fourth-order valence-electron chi connectivity index (χ4n) is 2.40. The molecule has 1 heterocycles. The number of aryl methyl sites for hydroxylation is 1. The van der Waals surface area contributed by atoms with E-state index in [9.17, 15) is 13.2 Å². The summed E-state index contributed by atoms with van der Waals surface area (Å²) in [5.41, 5.74) is 1.72. The van der Waals surface area contributed by atoms with E-state index in [1.165, 1.54) is 24.5 Å². The SMILES string of the molecule is CCOc1ccc(NC(=O)c2cnc(NS(=O)(=O)c3ccc(C)cc3)nc2)cc1. The van der Waals surface area contributed by atoms with Crippen molar-refractivity contribution in [2.24, 2.45) is 0 Å². The maximum absolute atomic E-state index is 12.4. The van der Waals surface area contributed by atoms with Crippen LogP contribution in [0.1, 0.15) is 22.8 Å². The summed E-state index contributed by atoms with van der Waals surface area (Å²) >= 11 is 0. The molecule has 0 saturated heterocycles. The minimum Gasteiger partial charge on any atom is -0.494 e. The van der Waals surface area contributed by atoms with Crippen LogP contribution in [0.2, 0.25) is 0 Å². The zero-order valence-electron chi connectivity index (χ0n) is 15.9. The molecule has 0 bridgehead atoms. The van der Waals surface area contributed by atoms with Gasteiger partial charge in [-0.3, -0.25) is 4.79 Å². The minimum absolute atomic E-state index is 0.101. The summed E-state index contributed by atoms with van der Waals surface area (Å²) in [6.07, 6.45) is 2.51. The normalized spacial score (nSPS) is 11.0. The lowest BCUT2D eigenvalue weighted by atomic mass is 10.2. The molecule has 2 aromatic carbocycles. The molecule has 150 valence electrons. The molecule has 1 amide bonds. The highest BCUT2D eigenvalue weighted by Gasteiger charge is 2.16. The van der Waals surface area contributed by atoms with Crippen molar-refractivity contribution in [3.8, 4) is 5.75 Å². The Hall–Kier alpha value is -3.46. The van der Waals surface area contributed by atoms with E-state index in [0.717, 1.165) is 5.56 Å². The molecule has 8 nitrogen and oxygen atoms in total. The van der Waals surface area contributed by atoms with Crippen LogP contribution in [-0.2, 0) is 10.0 Å². The van der Waals surface area contributed by atoms with Crippen LogP contribution < -0.4 is 14.8 Å². The second-order valence-electron chi connectivity index (χ2n) is 6.13. The summed E-state index contributed by atoms with van der Waals surface area (Å²) in [5.74, 6) is 0.171. The highest BCUT2D eigenvalue weighted by Crippen LogP contribution is 2.17. The van der Waals surface area contributed by atoms with Gasteiger partial charge in [0.25, 0.3) is 15.9 Å². The quantitative estimate of drug-likeness (QED) is 0.616. The summed E-state index contributed by atoms with van der Waals surface area (Å²) in [5, 5.41) is 2.71. The molecule has 0 aliphatic rings. The molecule has 1 aromatic heterocycles. The van der Waals surface area contributed by atoms with Crippen LogP contribution in [0.4, 0.5) is 11.6 Å². The molecule has 0 unspecified atom stereocenters. The smallest absolute Gasteiger partial charge is 0.264 e. The third-order valence-electron chi connectivity index (χ3n) is 3.89. The van der Waals surface area contributed by atoms with E-state index in [1.807, 2.05) is 13.8 Å². The number of amides is 1. The third kappa shape index (κ3) is 5.29. The van der Waals surface area contributed by atoms with Crippen LogP contribution in [-0.4, -0.2) is 30.9 Å². The Labute approximate surface area is 169 Å². The molecule has 0 fully saturated rings. The second kappa shape index (κ2) is 8.70. The zero-order chi connectivity index (χ0) is 20.9. The van der Waals surface area contributed by atoms with Gasteiger partial charge in [-0.15, -0.1) is 0 Å². The van der Waals surface area contributed by atoms with Gasteiger partial charge in [0.1, 0.15) is 5.75 Å². The summed E-state index contributed by atoms with van der Waals surface area (Å²) in [7, 11) is -3.81. The topological polar surface area (TPSA) is 110 Å². The molecule has 9 heteroatoms. The molecule has 0 aliphatic heterocycles. The van der Waals surface area contributed by atoms with Crippen LogP contribution in [0.3, 0.4) is 0 Å². The van der Waals surface area contributed by atoms with Gasteiger partial charge in [0.15, 0.2) is 0 Å². The number of benzene rings is 2. The van der Waals surface area contributed by atoms with Crippen LogP contribution in [0.15, 0.2) is 65.8 Å². The number of hydrogen-bond donors (Lipinski definition) is 2. The Morgan fingerprint density at radius 3 is 2.21 bits per heavy atom. The van der Waals surface area contributed by atoms with Crippen molar-refractivity contribution >= 4 is 27.6 Å². The van der Waals surface area contributed by atoms with E-state index >= 15 is 0 Å².